The molecule has 0 aromatic carbocycles. The lowest BCUT2D eigenvalue weighted by atomic mass is 9.99. The lowest BCUT2D eigenvalue weighted by Gasteiger charge is -2.23. The second-order valence-electron chi connectivity index (χ2n) is 5.38. The Hall–Kier alpha value is -1.50. The fourth-order valence-corrected chi connectivity index (χ4v) is 3.62. The number of carbonyl (C=O) groups is 2. The summed E-state index contributed by atoms with van der Waals surface area (Å²) in [5.41, 5.74) is -0.656. The number of carbonyl (C=O) groups excluding carboxylic acids is 1. The molecule has 1 aliphatic carbocycles. The lowest BCUT2D eigenvalue weighted by Crippen LogP contribution is -2.54. The van der Waals surface area contributed by atoms with Crippen molar-refractivity contribution in [2.24, 2.45) is 0 Å². The van der Waals surface area contributed by atoms with E-state index in [1.54, 1.807) is 6.92 Å². The van der Waals surface area contributed by atoms with E-state index < -0.39 is 17.4 Å². The van der Waals surface area contributed by atoms with Crippen LogP contribution in [0.2, 0.25) is 0 Å². The number of oxazole rings is 1. The van der Waals surface area contributed by atoms with Gasteiger partial charge < -0.3 is 14.8 Å². The summed E-state index contributed by atoms with van der Waals surface area (Å²) >= 11 is 1.53. The van der Waals surface area contributed by atoms with Gasteiger partial charge in [0.15, 0.2) is 5.89 Å². The van der Waals surface area contributed by atoms with Gasteiger partial charge in [0, 0.05) is 11.7 Å². The minimum absolute atomic E-state index is 0.143. The summed E-state index contributed by atoms with van der Waals surface area (Å²) in [5.74, 6) is 0.710. The van der Waals surface area contributed by atoms with Crippen molar-refractivity contribution in [1.82, 2.24) is 10.3 Å². The van der Waals surface area contributed by atoms with Crippen molar-refractivity contribution in [3.63, 3.8) is 0 Å². The Morgan fingerprint density at radius 1 is 1.50 bits per heavy atom. The Morgan fingerprint density at radius 3 is 2.80 bits per heavy atom. The van der Waals surface area contributed by atoms with E-state index >= 15 is 0 Å². The summed E-state index contributed by atoms with van der Waals surface area (Å²) in [7, 11) is 0. The third-order valence-corrected chi connectivity index (χ3v) is 4.92. The van der Waals surface area contributed by atoms with Crippen molar-refractivity contribution in [2.75, 3.05) is 11.5 Å². The zero-order chi connectivity index (χ0) is 14.3. The molecule has 1 aliphatic heterocycles. The van der Waals surface area contributed by atoms with E-state index in [0.29, 0.717) is 29.7 Å². The van der Waals surface area contributed by atoms with Crippen LogP contribution in [0.15, 0.2) is 4.42 Å². The quantitative estimate of drug-likeness (QED) is 0.875. The highest BCUT2D eigenvalue weighted by atomic mass is 32.2. The summed E-state index contributed by atoms with van der Waals surface area (Å²) in [6, 6.07) is 0. The van der Waals surface area contributed by atoms with E-state index in [-0.39, 0.29) is 5.76 Å². The first-order valence-corrected chi connectivity index (χ1v) is 7.78. The van der Waals surface area contributed by atoms with Crippen molar-refractivity contribution in [3.05, 3.63) is 17.3 Å². The van der Waals surface area contributed by atoms with Crippen molar-refractivity contribution in [2.45, 2.75) is 37.6 Å². The zero-order valence-corrected chi connectivity index (χ0v) is 12.0. The van der Waals surface area contributed by atoms with E-state index in [0.717, 1.165) is 18.6 Å². The van der Waals surface area contributed by atoms with Crippen molar-refractivity contribution in [3.8, 4) is 0 Å². The van der Waals surface area contributed by atoms with Crippen LogP contribution in [0.25, 0.3) is 0 Å². The fourth-order valence-electron chi connectivity index (χ4n) is 2.29. The molecule has 20 heavy (non-hydrogen) atoms. The molecule has 0 radical (unpaired) electrons. The van der Waals surface area contributed by atoms with E-state index in [1.165, 1.54) is 11.8 Å². The molecular weight excluding hydrogens is 280 g/mol. The molecule has 1 amide bonds. The SMILES string of the molecule is Cc1nc(C2CC2)oc1C(=O)NC1(C(=O)O)CCSC1. The summed E-state index contributed by atoms with van der Waals surface area (Å²) in [4.78, 5) is 28.0. The molecule has 6 nitrogen and oxygen atoms in total. The van der Waals surface area contributed by atoms with Crippen LogP contribution in [0.1, 0.15) is 47.3 Å². The van der Waals surface area contributed by atoms with Crippen LogP contribution in [-0.4, -0.2) is 39.0 Å². The first-order valence-electron chi connectivity index (χ1n) is 6.63. The number of carboxylic acid groups (broad SMARTS) is 1. The molecule has 3 rings (SSSR count). The Morgan fingerprint density at radius 2 is 2.25 bits per heavy atom. The highest BCUT2D eigenvalue weighted by Gasteiger charge is 2.44. The van der Waals surface area contributed by atoms with E-state index in [1.807, 2.05) is 0 Å². The van der Waals surface area contributed by atoms with Gasteiger partial charge in [-0.15, -0.1) is 0 Å². The highest BCUT2D eigenvalue weighted by molar-refractivity contribution is 7.99. The molecule has 7 heteroatoms. The van der Waals surface area contributed by atoms with Gasteiger partial charge in [-0.25, -0.2) is 9.78 Å². The van der Waals surface area contributed by atoms with Crippen molar-refractivity contribution < 1.29 is 19.1 Å². The van der Waals surface area contributed by atoms with Crippen LogP contribution in [0.3, 0.4) is 0 Å². The predicted molar refractivity (Wildman–Crippen MR) is 73.0 cm³/mol. The number of amides is 1. The average molecular weight is 296 g/mol. The first kappa shape index (κ1) is 13.5. The van der Waals surface area contributed by atoms with Crippen LogP contribution < -0.4 is 5.32 Å². The average Bonchev–Trinajstić information content (AvgIpc) is 3.01. The summed E-state index contributed by atoms with van der Waals surface area (Å²) in [6.07, 6.45) is 2.51. The smallest absolute Gasteiger partial charge is 0.330 e. The van der Waals surface area contributed by atoms with Gasteiger partial charge in [0.2, 0.25) is 5.76 Å². The summed E-state index contributed by atoms with van der Waals surface area (Å²) in [6.45, 7) is 1.71. The largest absolute Gasteiger partial charge is 0.479 e. The molecule has 1 unspecified atom stereocenters. The first-order chi connectivity index (χ1) is 9.52. The molecule has 2 N–H and O–H groups in total. The number of hydrogen-bond donors (Lipinski definition) is 2. The third kappa shape index (κ3) is 2.30. The molecule has 1 aromatic rings. The summed E-state index contributed by atoms with van der Waals surface area (Å²) in [5, 5.41) is 12.0. The monoisotopic (exact) mass is 296 g/mol. The number of nitrogens with one attached hydrogen (secondary N) is 1. The van der Waals surface area contributed by atoms with E-state index in [2.05, 4.69) is 10.3 Å². The number of aliphatic carboxylic acids is 1. The molecule has 2 aliphatic rings. The number of nitrogens with zero attached hydrogens (tertiary/aromatic N) is 1. The second-order valence-corrected chi connectivity index (χ2v) is 6.49. The number of thioether (sulfide) groups is 1. The number of aromatic nitrogens is 1. The lowest BCUT2D eigenvalue weighted by molar-refractivity contribution is -0.143. The second kappa shape index (κ2) is 4.80. The summed E-state index contributed by atoms with van der Waals surface area (Å²) < 4.78 is 5.51. The minimum atomic E-state index is -1.18. The molecule has 1 aromatic heterocycles. The van der Waals surface area contributed by atoms with Crippen molar-refractivity contribution >= 4 is 23.6 Å². The third-order valence-electron chi connectivity index (χ3n) is 3.73. The molecule has 2 heterocycles. The maximum absolute atomic E-state index is 12.3. The number of aryl methyl sites for hydroxylation is 1. The Kier molecular flexibility index (Phi) is 3.24. The molecule has 1 atom stereocenters. The molecule has 1 saturated carbocycles. The molecule has 2 fully saturated rings. The molecular formula is C13H16N2O4S. The maximum atomic E-state index is 12.3. The van der Waals surface area contributed by atoms with Gasteiger partial charge in [-0.05, 0) is 31.9 Å². The van der Waals surface area contributed by atoms with Crippen LogP contribution in [0, 0.1) is 6.92 Å². The maximum Gasteiger partial charge on any atom is 0.330 e. The number of rotatable bonds is 4. The molecule has 108 valence electrons. The van der Waals surface area contributed by atoms with Crippen molar-refractivity contribution in [1.29, 1.82) is 0 Å². The Labute approximate surface area is 120 Å². The fraction of sp³-hybridized carbons (Fsp3) is 0.615. The van der Waals surface area contributed by atoms with Crippen LogP contribution >= 0.6 is 11.8 Å². The van der Waals surface area contributed by atoms with Gasteiger partial charge in [-0.1, -0.05) is 0 Å². The minimum Gasteiger partial charge on any atom is -0.479 e. The Bertz CT molecular complexity index is 559. The predicted octanol–water partition coefficient (Wildman–Crippen LogP) is 1.55. The Balaban J connectivity index is 1.80. The molecule has 0 bridgehead atoms. The standard InChI is InChI=1S/C13H16N2O4S/c1-7-9(19-11(14-7)8-2-3-8)10(16)15-13(12(17)18)4-5-20-6-13/h8H,2-6H2,1H3,(H,15,16)(H,17,18). The zero-order valence-electron chi connectivity index (χ0n) is 11.1. The van der Waals surface area contributed by atoms with Gasteiger partial charge >= 0.3 is 5.97 Å². The number of hydrogen-bond acceptors (Lipinski definition) is 5. The molecule has 1 saturated heterocycles. The van der Waals surface area contributed by atoms with Gasteiger partial charge in [0.25, 0.3) is 5.91 Å². The van der Waals surface area contributed by atoms with Crippen LogP contribution in [0.5, 0.6) is 0 Å². The van der Waals surface area contributed by atoms with Gasteiger partial charge in [-0.3, -0.25) is 4.79 Å². The van der Waals surface area contributed by atoms with E-state index in [9.17, 15) is 14.7 Å². The van der Waals surface area contributed by atoms with Crippen LogP contribution in [0.4, 0.5) is 0 Å². The van der Waals surface area contributed by atoms with Crippen LogP contribution in [-0.2, 0) is 4.79 Å². The normalized spacial score (nSPS) is 25.6. The van der Waals surface area contributed by atoms with Gasteiger partial charge in [0.05, 0.1) is 5.69 Å². The topological polar surface area (TPSA) is 92.4 Å². The highest BCUT2D eigenvalue weighted by Crippen LogP contribution is 2.40. The van der Waals surface area contributed by atoms with Gasteiger partial charge in [0.1, 0.15) is 5.54 Å². The van der Waals surface area contributed by atoms with Gasteiger partial charge in [-0.2, -0.15) is 11.8 Å². The van der Waals surface area contributed by atoms with E-state index in [4.69, 9.17) is 4.42 Å². The molecule has 0 spiro atoms. The number of carboxylic acids is 1.